The molecule has 0 aliphatic heterocycles. The Labute approximate surface area is 265 Å². The number of imidazole rings is 1. The fourth-order valence-electron chi connectivity index (χ4n) is 6.15. The van der Waals surface area contributed by atoms with Gasteiger partial charge in [-0.3, -0.25) is 9.13 Å². The SMILES string of the molecule is Cn1c(=O)n(C)c2cc(-c3cccc(-c4nc(-c5ccccc5)nc(-c5ccc(-c6cccc7ccccc67)cc5)n4)c3)ccc21. The summed E-state index contributed by atoms with van der Waals surface area (Å²) in [5, 5.41) is 2.44. The minimum atomic E-state index is -0.0443. The molecule has 8 rings (SSSR count). The fraction of sp³-hybridized carbons (Fsp3) is 0.0500. The van der Waals surface area contributed by atoms with Crippen molar-refractivity contribution in [1.82, 2.24) is 24.1 Å². The summed E-state index contributed by atoms with van der Waals surface area (Å²) in [5.41, 5.74) is 8.81. The first-order valence-electron chi connectivity index (χ1n) is 15.2. The zero-order chi connectivity index (χ0) is 31.2. The number of aromatic nitrogens is 5. The van der Waals surface area contributed by atoms with Gasteiger partial charge in [0.05, 0.1) is 11.0 Å². The Balaban J connectivity index is 1.22. The van der Waals surface area contributed by atoms with Crippen LogP contribution >= 0.6 is 0 Å². The van der Waals surface area contributed by atoms with E-state index in [0.717, 1.165) is 44.4 Å². The molecule has 0 N–H and O–H groups in total. The van der Waals surface area contributed by atoms with Gasteiger partial charge >= 0.3 is 5.69 Å². The van der Waals surface area contributed by atoms with Crippen molar-refractivity contribution in [1.29, 1.82) is 0 Å². The molecule has 0 bridgehead atoms. The van der Waals surface area contributed by atoms with E-state index in [0.29, 0.717) is 17.5 Å². The number of nitrogens with zero attached hydrogens (tertiary/aromatic N) is 5. The maximum absolute atomic E-state index is 12.5. The second-order valence-electron chi connectivity index (χ2n) is 11.5. The van der Waals surface area contributed by atoms with Crippen LogP contribution in [-0.4, -0.2) is 24.1 Å². The van der Waals surface area contributed by atoms with Crippen LogP contribution in [0.4, 0.5) is 0 Å². The average molecular weight is 596 g/mol. The first-order chi connectivity index (χ1) is 22.5. The first-order valence-corrected chi connectivity index (χ1v) is 15.2. The summed E-state index contributed by atoms with van der Waals surface area (Å²) in [6, 6.07) is 47.6. The number of hydrogen-bond acceptors (Lipinski definition) is 4. The minimum absolute atomic E-state index is 0.0443. The van der Waals surface area contributed by atoms with Crippen molar-refractivity contribution >= 4 is 21.8 Å². The summed E-state index contributed by atoms with van der Waals surface area (Å²) < 4.78 is 3.35. The molecule has 0 saturated carbocycles. The van der Waals surface area contributed by atoms with Crippen molar-refractivity contribution < 1.29 is 0 Å². The number of benzene rings is 6. The summed E-state index contributed by atoms with van der Waals surface area (Å²) in [6.45, 7) is 0. The molecule has 0 aliphatic rings. The Kier molecular flexibility index (Phi) is 6.61. The molecule has 0 aliphatic carbocycles. The molecule has 0 atom stereocenters. The van der Waals surface area contributed by atoms with Crippen LogP contribution in [0.1, 0.15) is 0 Å². The summed E-state index contributed by atoms with van der Waals surface area (Å²) in [5.74, 6) is 1.82. The third-order valence-corrected chi connectivity index (χ3v) is 8.64. The van der Waals surface area contributed by atoms with Crippen LogP contribution in [0.25, 0.3) is 78.2 Å². The molecule has 6 aromatic carbocycles. The second kappa shape index (κ2) is 11.1. The Morgan fingerprint density at radius 2 is 0.957 bits per heavy atom. The molecule has 8 aromatic rings. The third kappa shape index (κ3) is 4.77. The lowest BCUT2D eigenvalue weighted by Gasteiger charge is -2.11. The molecule has 6 nitrogen and oxygen atoms in total. The van der Waals surface area contributed by atoms with Crippen molar-refractivity contribution in [3.05, 3.63) is 150 Å². The fourth-order valence-corrected chi connectivity index (χ4v) is 6.15. The highest BCUT2D eigenvalue weighted by Gasteiger charge is 2.15. The standard InChI is InChI=1S/C40H29N5O/c1-44-35-23-22-31(25-36(35)45(2)40(44)46)30-14-8-15-32(24-30)39-42-37(28-11-4-3-5-12-28)41-38(43-39)29-20-18-27(19-21-29)34-17-9-13-26-10-6-7-16-33(26)34/h3-25H,1-2H3. The number of hydrogen-bond donors (Lipinski definition) is 0. The van der Waals surface area contributed by atoms with E-state index < -0.39 is 0 Å². The summed E-state index contributed by atoms with van der Waals surface area (Å²) in [4.78, 5) is 27.4. The van der Waals surface area contributed by atoms with Gasteiger partial charge in [0.25, 0.3) is 0 Å². The summed E-state index contributed by atoms with van der Waals surface area (Å²) in [7, 11) is 3.60. The monoisotopic (exact) mass is 595 g/mol. The molecule has 6 heteroatoms. The van der Waals surface area contributed by atoms with Crippen LogP contribution in [0, 0.1) is 0 Å². The zero-order valence-corrected chi connectivity index (χ0v) is 25.4. The lowest BCUT2D eigenvalue weighted by Crippen LogP contribution is -2.19. The van der Waals surface area contributed by atoms with E-state index in [-0.39, 0.29) is 5.69 Å². The van der Waals surface area contributed by atoms with Gasteiger partial charge < -0.3 is 0 Å². The minimum Gasteiger partial charge on any atom is -0.295 e. The first kappa shape index (κ1) is 27.4. The average Bonchev–Trinajstić information content (AvgIpc) is 3.34. The van der Waals surface area contributed by atoms with Crippen LogP contribution < -0.4 is 5.69 Å². The molecule has 2 heterocycles. The molecule has 220 valence electrons. The molecular formula is C40H29N5O. The maximum atomic E-state index is 12.5. The molecule has 0 saturated heterocycles. The van der Waals surface area contributed by atoms with Crippen molar-refractivity contribution in [3.63, 3.8) is 0 Å². The summed E-state index contributed by atoms with van der Waals surface area (Å²) in [6.07, 6.45) is 0. The molecule has 2 aromatic heterocycles. The van der Waals surface area contributed by atoms with E-state index in [1.165, 1.54) is 16.3 Å². The quantitative estimate of drug-likeness (QED) is 0.200. The van der Waals surface area contributed by atoms with Gasteiger partial charge in [-0.2, -0.15) is 0 Å². The van der Waals surface area contributed by atoms with Gasteiger partial charge in [0.2, 0.25) is 0 Å². The Hall–Kier alpha value is -6.14. The highest BCUT2D eigenvalue weighted by Crippen LogP contribution is 2.32. The number of rotatable bonds is 5. The molecule has 46 heavy (non-hydrogen) atoms. The zero-order valence-electron chi connectivity index (χ0n) is 25.4. The van der Waals surface area contributed by atoms with E-state index in [1.807, 2.05) is 54.6 Å². The van der Waals surface area contributed by atoms with Gasteiger partial charge in [-0.25, -0.2) is 19.7 Å². The predicted octanol–water partition coefficient (Wildman–Crippen LogP) is 8.55. The highest BCUT2D eigenvalue weighted by atomic mass is 16.1. The van der Waals surface area contributed by atoms with Gasteiger partial charge in [0.1, 0.15) is 0 Å². The molecule has 0 fully saturated rings. The molecular weight excluding hydrogens is 566 g/mol. The van der Waals surface area contributed by atoms with E-state index in [2.05, 4.69) is 84.9 Å². The van der Waals surface area contributed by atoms with E-state index >= 15 is 0 Å². The van der Waals surface area contributed by atoms with Crippen LogP contribution in [0.15, 0.2) is 144 Å². The molecule has 0 radical (unpaired) electrons. The molecule has 0 unspecified atom stereocenters. The van der Waals surface area contributed by atoms with Crippen LogP contribution in [0.5, 0.6) is 0 Å². The van der Waals surface area contributed by atoms with Crippen molar-refractivity contribution in [2.45, 2.75) is 0 Å². The van der Waals surface area contributed by atoms with Crippen LogP contribution in [0.2, 0.25) is 0 Å². The smallest absolute Gasteiger partial charge is 0.295 e. The summed E-state index contributed by atoms with van der Waals surface area (Å²) >= 11 is 0. The third-order valence-electron chi connectivity index (χ3n) is 8.64. The second-order valence-corrected chi connectivity index (χ2v) is 11.5. The molecule has 0 spiro atoms. The number of aryl methyl sites for hydroxylation is 2. The normalized spacial score (nSPS) is 11.3. The topological polar surface area (TPSA) is 65.6 Å². The van der Waals surface area contributed by atoms with Crippen LogP contribution in [0.3, 0.4) is 0 Å². The molecule has 0 amide bonds. The van der Waals surface area contributed by atoms with Crippen LogP contribution in [-0.2, 0) is 14.1 Å². The van der Waals surface area contributed by atoms with Gasteiger partial charge in [-0.1, -0.05) is 121 Å². The van der Waals surface area contributed by atoms with Gasteiger partial charge in [-0.15, -0.1) is 0 Å². The number of fused-ring (bicyclic) bond motifs is 2. The van der Waals surface area contributed by atoms with Crippen molar-refractivity contribution in [2.75, 3.05) is 0 Å². The Morgan fingerprint density at radius 1 is 0.435 bits per heavy atom. The van der Waals surface area contributed by atoms with E-state index in [1.54, 1.807) is 23.2 Å². The van der Waals surface area contributed by atoms with Gasteiger partial charge in [0.15, 0.2) is 17.5 Å². The lowest BCUT2D eigenvalue weighted by atomic mass is 9.97. The Bertz CT molecular complexity index is 2450. The lowest BCUT2D eigenvalue weighted by molar-refractivity contribution is 0.795. The predicted molar refractivity (Wildman–Crippen MR) is 186 cm³/mol. The van der Waals surface area contributed by atoms with Gasteiger partial charge in [-0.05, 0) is 51.2 Å². The van der Waals surface area contributed by atoms with Crippen molar-refractivity contribution in [3.8, 4) is 56.4 Å². The highest BCUT2D eigenvalue weighted by molar-refractivity contribution is 5.96. The van der Waals surface area contributed by atoms with E-state index in [4.69, 9.17) is 15.0 Å². The van der Waals surface area contributed by atoms with Crippen molar-refractivity contribution in [2.24, 2.45) is 14.1 Å². The van der Waals surface area contributed by atoms with Gasteiger partial charge in [0, 0.05) is 30.8 Å². The van der Waals surface area contributed by atoms with E-state index in [9.17, 15) is 4.79 Å². The Morgan fingerprint density at radius 3 is 1.74 bits per heavy atom. The maximum Gasteiger partial charge on any atom is 0.328 e. The largest absolute Gasteiger partial charge is 0.328 e.